The van der Waals surface area contributed by atoms with Crippen molar-refractivity contribution in [1.82, 2.24) is 20.4 Å². The van der Waals surface area contributed by atoms with Crippen LogP contribution >= 0.6 is 0 Å². The number of hydrogen-bond donors (Lipinski definition) is 3. The summed E-state index contributed by atoms with van der Waals surface area (Å²) in [5, 5.41) is 18.3. The van der Waals surface area contributed by atoms with Crippen LogP contribution < -0.4 is 10.6 Å². The Morgan fingerprint density at radius 2 is 2.16 bits per heavy atom. The number of aromatic nitrogens is 2. The zero-order valence-corrected chi connectivity index (χ0v) is 11.4. The molecular weight excluding hydrogens is 248 g/mol. The second-order valence-corrected chi connectivity index (χ2v) is 4.55. The number of carbonyl (C=O) groups is 2. The lowest BCUT2D eigenvalue weighted by Crippen LogP contribution is -2.45. The largest absolute Gasteiger partial charge is 0.481 e. The third-order valence-electron chi connectivity index (χ3n) is 2.93. The van der Waals surface area contributed by atoms with E-state index < -0.39 is 17.9 Å². The monoisotopic (exact) mass is 268 g/mol. The Labute approximate surface area is 112 Å². The summed E-state index contributed by atoms with van der Waals surface area (Å²) in [5.74, 6) is -1.55. The topological polar surface area (TPSA) is 96.3 Å². The Kier molecular flexibility index (Phi) is 5.35. The predicted octanol–water partition coefficient (Wildman–Crippen LogP) is 0.371. The highest BCUT2D eigenvalue weighted by atomic mass is 16.4. The van der Waals surface area contributed by atoms with E-state index in [4.69, 9.17) is 5.11 Å². The lowest BCUT2D eigenvalue weighted by Gasteiger charge is -2.17. The van der Waals surface area contributed by atoms with Crippen LogP contribution in [0.15, 0.2) is 12.3 Å². The molecule has 3 N–H and O–H groups in total. The molecule has 2 atom stereocenters. The quantitative estimate of drug-likeness (QED) is 0.694. The minimum atomic E-state index is -0.929. The summed E-state index contributed by atoms with van der Waals surface area (Å²) in [7, 11) is 1.83. The molecule has 0 fully saturated rings. The zero-order chi connectivity index (χ0) is 14.4. The van der Waals surface area contributed by atoms with Crippen LogP contribution in [-0.4, -0.2) is 39.5 Å². The van der Waals surface area contributed by atoms with Crippen molar-refractivity contribution in [2.24, 2.45) is 13.0 Å². The van der Waals surface area contributed by atoms with Gasteiger partial charge in [-0.25, -0.2) is 4.79 Å². The second kappa shape index (κ2) is 6.77. The molecular formula is C12H20N4O3. The number of nitrogens with zero attached hydrogens (tertiary/aromatic N) is 2. The molecule has 0 aliphatic heterocycles. The average Bonchev–Trinajstić information content (AvgIpc) is 2.73. The van der Waals surface area contributed by atoms with E-state index in [1.54, 1.807) is 18.5 Å². The smallest absolute Gasteiger partial charge is 0.315 e. The Morgan fingerprint density at radius 3 is 2.68 bits per heavy atom. The number of carboxylic acids is 1. The first-order chi connectivity index (χ1) is 8.90. The van der Waals surface area contributed by atoms with Crippen molar-refractivity contribution in [3.05, 3.63) is 18.0 Å². The Bertz CT molecular complexity index is 444. The van der Waals surface area contributed by atoms with Gasteiger partial charge in [0.1, 0.15) is 0 Å². The SMILES string of the molecule is CC(NC(=O)NCCc1ccn(C)n1)C(C)C(=O)O. The van der Waals surface area contributed by atoms with Crippen LogP contribution in [0.2, 0.25) is 0 Å². The predicted molar refractivity (Wildman–Crippen MR) is 69.7 cm³/mol. The van der Waals surface area contributed by atoms with Crippen molar-refractivity contribution in [1.29, 1.82) is 0 Å². The van der Waals surface area contributed by atoms with Crippen LogP contribution in [0.4, 0.5) is 4.79 Å². The molecule has 0 aliphatic carbocycles. The fourth-order valence-corrected chi connectivity index (χ4v) is 1.50. The molecule has 0 radical (unpaired) electrons. The number of hydrogen-bond acceptors (Lipinski definition) is 3. The van der Waals surface area contributed by atoms with Crippen molar-refractivity contribution in [2.45, 2.75) is 26.3 Å². The molecule has 0 aliphatic rings. The molecule has 1 heterocycles. The van der Waals surface area contributed by atoms with Crippen molar-refractivity contribution in [3.8, 4) is 0 Å². The molecule has 0 saturated heterocycles. The van der Waals surface area contributed by atoms with Gasteiger partial charge in [-0.15, -0.1) is 0 Å². The number of carbonyl (C=O) groups excluding carboxylic acids is 1. The van der Waals surface area contributed by atoms with Crippen LogP contribution in [0, 0.1) is 5.92 Å². The summed E-state index contributed by atoms with van der Waals surface area (Å²) in [6.07, 6.45) is 2.48. The van der Waals surface area contributed by atoms with Crippen molar-refractivity contribution >= 4 is 12.0 Å². The Hall–Kier alpha value is -2.05. The van der Waals surface area contributed by atoms with E-state index in [1.807, 2.05) is 19.3 Å². The lowest BCUT2D eigenvalue weighted by atomic mass is 10.0. The van der Waals surface area contributed by atoms with Crippen molar-refractivity contribution < 1.29 is 14.7 Å². The molecule has 0 aromatic carbocycles. The van der Waals surface area contributed by atoms with Gasteiger partial charge in [-0.05, 0) is 19.9 Å². The zero-order valence-electron chi connectivity index (χ0n) is 11.4. The molecule has 1 aromatic rings. The number of aryl methyl sites for hydroxylation is 1. The number of rotatable bonds is 6. The first kappa shape index (κ1) is 15.0. The maximum Gasteiger partial charge on any atom is 0.315 e. The lowest BCUT2D eigenvalue weighted by molar-refractivity contribution is -0.141. The molecule has 0 spiro atoms. The van der Waals surface area contributed by atoms with E-state index in [1.165, 1.54) is 0 Å². The Balaban J connectivity index is 2.26. The third kappa shape index (κ3) is 4.99. The van der Waals surface area contributed by atoms with E-state index >= 15 is 0 Å². The highest BCUT2D eigenvalue weighted by molar-refractivity contribution is 5.76. The molecule has 1 aromatic heterocycles. The van der Waals surface area contributed by atoms with Crippen LogP contribution in [0.25, 0.3) is 0 Å². The molecule has 0 saturated carbocycles. The normalized spacial score (nSPS) is 13.6. The van der Waals surface area contributed by atoms with Crippen molar-refractivity contribution in [3.63, 3.8) is 0 Å². The minimum absolute atomic E-state index is 0.364. The first-order valence-electron chi connectivity index (χ1n) is 6.16. The second-order valence-electron chi connectivity index (χ2n) is 4.55. The van der Waals surface area contributed by atoms with Crippen LogP contribution in [0.3, 0.4) is 0 Å². The van der Waals surface area contributed by atoms with Gasteiger partial charge in [0.2, 0.25) is 0 Å². The van der Waals surface area contributed by atoms with Gasteiger partial charge in [0, 0.05) is 32.3 Å². The fourth-order valence-electron chi connectivity index (χ4n) is 1.50. The molecule has 2 amide bonds. The van der Waals surface area contributed by atoms with Gasteiger partial charge in [0.25, 0.3) is 0 Å². The molecule has 0 bridgehead atoms. The third-order valence-corrected chi connectivity index (χ3v) is 2.93. The first-order valence-corrected chi connectivity index (χ1v) is 6.16. The summed E-state index contributed by atoms with van der Waals surface area (Å²) in [5.41, 5.74) is 0.898. The van der Waals surface area contributed by atoms with E-state index in [0.717, 1.165) is 5.69 Å². The van der Waals surface area contributed by atoms with Gasteiger partial charge < -0.3 is 15.7 Å². The van der Waals surface area contributed by atoms with E-state index in [0.29, 0.717) is 13.0 Å². The van der Waals surface area contributed by atoms with Crippen LogP contribution in [-0.2, 0) is 18.3 Å². The Morgan fingerprint density at radius 1 is 1.47 bits per heavy atom. The van der Waals surface area contributed by atoms with Crippen LogP contribution in [0.5, 0.6) is 0 Å². The molecule has 19 heavy (non-hydrogen) atoms. The minimum Gasteiger partial charge on any atom is -0.481 e. The standard InChI is InChI=1S/C12H20N4O3/c1-8(11(17)18)9(2)14-12(19)13-6-4-10-5-7-16(3)15-10/h5,7-9H,4,6H2,1-3H3,(H,17,18)(H2,13,14,19). The summed E-state index contributed by atoms with van der Waals surface area (Å²) < 4.78 is 1.70. The van der Waals surface area contributed by atoms with E-state index in [-0.39, 0.29) is 6.03 Å². The van der Waals surface area contributed by atoms with Crippen LogP contribution in [0.1, 0.15) is 19.5 Å². The highest BCUT2D eigenvalue weighted by Gasteiger charge is 2.20. The maximum atomic E-state index is 11.5. The summed E-state index contributed by atoms with van der Waals surface area (Å²) >= 11 is 0. The van der Waals surface area contributed by atoms with E-state index in [9.17, 15) is 9.59 Å². The van der Waals surface area contributed by atoms with Crippen molar-refractivity contribution in [2.75, 3.05) is 6.54 Å². The summed E-state index contributed by atoms with van der Waals surface area (Å²) in [4.78, 5) is 22.3. The fraction of sp³-hybridized carbons (Fsp3) is 0.583. The highest BCUT2D eigenvalue weighted by Crippen LogP contribution is 2.01. The summed E-state index contributed by atoms with van der Waals surface area (Å²) in [6, 6.07) is 1.10. The number of urea groups is 1. The number of aliphatic carboxylic acids is 1. The average molecular weight is 268 g/mol. The maximum absolute atomic E-state index is 11.5. The molecule has 2 unspecified atom stereocenters. The molecule has 7 heteroatoms. The van der Waals surface area contributed by atoms with Gasteiger partial charge in [0.05, 0.1) is 11.6 Å². The number of nitrogens with one attached hydrogen (secondary N) is 2. The number of amides is 2. The van der Waals surface area contributed by atoms with Gasteiger partial charge in [0.15, 0.2) is 0 Å². The van der Waals surface area contributed by atoms with Gasteiger partial charge >= 0.3 is 12.0 Å². The van der Waals surface area contributed by atoms with Gasteiger partial charge in [-0.2, -0.15) is 5.10 Å². The van der Waals surface area contributed by atoms with E-state index in [2.05, 4.69) is 15.7 Å². The molecule has 7 nitrogen and oxygen atoms in total. The summed E-state index contributed by atoms with van der Waals surface area (Å²) in [6.45, 7) is 3.68. The number of carboxylic acid groups (broad SMARTS) is 1. The molecule has 1 rings (SSSR count). The molecule has 106 valence electrons. The van der Waals surface area contributed by atoms with Gasteiger partial charge in [-0.1, -0.05) is 0 Å². The van der Waals surface area contributed by atoms with Gasteiger partial charge in [-0.3, -0.25) is 9.48 Å².